The molecule has 0 aromatic carbocycles. The summed E-state index contributed by atoms with van der Waals surface area (Å²) in [6.45, 7) is 6.26. The van der Waals surface area contributed by atoms with Crippen LogP contribution < -0.4 is 5.32 Å². The summed E-state index contributed by atoms with van der Waals surface area (Å²) >= 11 is 1.80. The highest BCUT2D eigenvalue weighted by Crippen LogP contribution is 2.23. The molecule has 0 aliphatic heterocycles. The van der Waals surface area contributed by atoms with Crippen molar-refractivity contribution in [3.05, 3.63) is 22.4 Å². The first-order chi connectivity index (χ1) is 8.52. The largest absolute Gasteiger partial charge is 0.396 e. The molecule has 1 aromatic heterocycles. The van der Waals surface area contributed by atoms with Crippen molar-refractivity contribution in [2.75, 3.05) is 33.8 Å². The van der Waals surface area contributed by atoms with E-state index in [1.165, 1.54) is 4.88 Å². The Bertz CT molecular complexity index is 321. The van der Waals surface area contributed by atoms with Crippen LogP contribution in [0.3, 0.4) is 0 Å². The maximum Gasteiger partial charge on any atom is 0.0561 e. The van der Waals surface area contributed by atoms with Crippen LogP contribution in [-0.4, -0.2) is 43.8 Å². The Morgan fingerprint density at radius 1 is 1.50 bits per heavy atom. The second-order valence-electron chi connectivity index (χ2n) is 5.45. The van der Waals surface area contributed by atoms with Crippen molar-refractivity contribution in [1.82, 2.24) is 10.2 Å². The average molecular weight is 270 g/mol. The molecular formula is C14H26N2OS. The summed E-state index contributed by atoms with van der Waals surface area (Å²) in [7, 11) is 4.22. The molecule has 1 aromatic rings. The number of nitrogens with one attached hydrogen (secondary N) is 1. The maximum atomic E-state index is 9.40. The van der Waals surface area contributed by atoms with E-state index in [-0.39, 0.29) is 12.0 Å². The fourth-order valence-corrected chi connectivity index (χ4v) is 2.74. The quantitative estimate of drug-likeness (QED) is 0.761. The number of aliphatic hydroxyl groups excluding tert-OH is 1. The average Bonchev–Trinajstić information content (AvgIpc) is 2.87. The van der Waals surface area contributed by atoms with Gasteiger partial charge in [-0.15, -0.1) is 11.3 Å². The zero-order valence-corrected chi connectivity index (χ0v) is 12.8. The minimum Gasteiger partial charge on any atom is -0.396 e. The summed E-state index contributed by atoms with van der Waals surface area (Å²) in [6.07, 6.45) is 0.988. The van der Waals surface area contributed by atoms with Gasteiger partial charge in [0.25, 0.3) is 0 Å². The minimum absolute atomic E-state index is 0.00763. The van der Waals surface area contributed by atoms with Crippen LogP contribution >= 0.6 is 11.3 Å². The molecule has 0 aliphatic rings. The summed E-state index contributed by atoms with van der Waals surface area (Å²) in [4.78, 5) is 3.62. The van der Waals surface area contributed by atoms with Gasteiger partial charge in [-0.25, -0.2) is 0 Å². The fourth-order valence-electron chi connectivity index (χ4n) is 1.82. The van der Waals surface area contributed by atoms with E-state index >= 15 is 0 Å². The Morgan fingerprint density at radius 2 is 2.22 bits per heavy atom. The molecule has 0 saturated heterocycles. The third-order valence-electron chi connectivity index (χ3n) is 3.62. The Morgan fingerprint density at radius 3 is 2.67 bits per heavy atom. The van der Waals surface area contributed by atoms with Crippen LogP contribution in [-0.2, 0) is 0 Å². The molecule has 2 N–H and O–H groups in total. The highest BCUT2D eigenvalue weighted by Gasteiger charge is 2.22. The Hall–Kier alpha value is -0.420. The lowest BCUT2D eigenvalue weighted by Crippen LogP contribution is -2.38. The van der Waals surface area contributed by atoms with Gasteiger partial charge >= 0.3 is 0 Å². The molecule has 1 rings (SSSR count). The first-order valence-corrected chi connectivity index (χ1v) is 7.42. The SMILES string of the molecule is CCC(C)(CO)CNCC(c1cccs1)N(C)C. The van der Waals surface area contributed by atoms with Gasteiger partial charge in [-0.3, -0.25) is 0 Å². The molecule has 0 bridgehead atoms. The molecule has 2 unspecified atom stereocenters. The number of aliphatic hydroxyl groups is 1. The number of thiophene rings is 1. The summed E-state index contributed by atoms with van der Waals surface area (Å²) < 4.78 is 0. The van der Waals surface area contributed by atoms with Crippen LogP contribution in [0.1, 0.15) is 31.2 Å². The Labute approximate surface area is 115 Å². The number of hydrogen-bond acceptors (Lipinski definition) is 4. The monoisotopic (exact) mass is 270 g/mol. The second kappa shape index (κ2) is 7.24. The summed E-state index contributed by atoms with van der Waals surface area (Å²) in [5, 5.41) is 15.0. The van der Waals surface area contributed by atoms with E-state index < -0.39 is 0 Å². The van der Waals surface area contributed by atoms with Crippen LogP contribution in [0, 0.1) is 5.41 Å². The third-order valence-corrected chi connectivity index (χ3v) is 4.59. The molecule has 0 amide bonds. The lowest BCUT2D eigenvalue weighted by atomic mass is 9.88. The Balaban J connectivity index is 2.49. The molecule has 0 spiro atoms. The van der Waals surface area contributed by atoms with Crippen molar-refractivity contribution in [1.29, 1.82) is 0 Å². The molecule has 2 atom stereocenters. The lowest BCUT2D eigenvalue weighted by molar-refractivity contribution is 0.132. The number of nitrogens with zero attached hydrogens (tertiary/aromatic N) is 1. The molecule has 0 radical (unpaired) electrons. The van der Waals surface area contributed by atoms with Crippen molar-refractivity contribution in [2.45, 2.75) is 26.3 Å². The van der Waals surface area contributed by atoms with Gasteiger partial charge in [0.1, 0.15) is 0 Å². The molecule has 3 nitrogen and oxygen atoms in total. The molecular weight excluding hydrogens is 244 g/mol. The Kier molecular flexibility index (Phi) is 6.29. The van der Waals surface area contributed by atoms with Crippen molar-refractivity contribution in [2.24, 2.45) is 5.41 Å². The highest BCUT2D eigenvalue weighted by atomic mass is 32.1. The van der Waals surface area contributed by atoms with Crippen LogP contribution in [0.2, 0.25) is 0 Å². The smallest absolute Gasteiger partial charge is 0.0561 e. The van der Waals surface area contributed by atoms with Crippen LogP contribution in [0.5, 0.6) is 0 Å². The topological polar surface area (TPSA) is 35.5 Å². The maximum absolute atomic E-state index is 9.40. The predicted octanol–water partition coefficient (Wildman–Crippen LogP) is 2.35. The molecule has 1 heterocycles. The van der Waals surface area contributed by atoms with Crippen LogP contribution in [0.4, 0.5) is 0 Å². The van der Waals surface area contributed by atoms with Crippen molar-refractivity contribution in [3.8, 4) is 0 Å². The van der Waals surface area contributed by atoms with E-state index in [1.807, 2.05) is 0 Å². The van der Waals surface area contributed by atoms with Gasteiger partial charge in [-0.05, 0) is 32.0 Å². The molecule has 104 valence electrons. The van der Waals surface area contributed by atoms with E-state index in [0.29, 0.717) is 6.04 Å². The normalized spacial score (nSPS) is 16.8. The molecule has 0 fully saturated rings. The number of rotatable bonds is 8. The standard InChI is InChI=1S/C14H26N2OS/c1-5-14(2,11-17)10-15-9-12(16(3)4)13-7-6-8-18-13/h6-8,12,15,17H,5,9-11H2,1-4H3. The highest BCUT2D eigenvalue weighted by molar-refractivity contribution is 7.10. The summed E-state index contributed by atoms with van der Waals surface area (Å²) in [6, 6.07) is 4.69. The van der Waals surface area contributed by atoms with Gasteiger partial charge in [0.2, 0.25) is 0 Å². The zero-order valence-electron chi connectivity index (χ0n) is 11.9. The molecule has 0 aliphatic carbocycles. The van der Waals surface area contributed by atoms with Gasteiger partial charge in [-0.2, -0.15) is 0 Å². The van der Waals surface area contributed by atoms with Gasteiger partial charge in [0.05, 0.1) is 6.04 Å². The van der Waals surface area contributed by atoms with Gasteiger partial charge in [0, 0.05) is 30.0 Å². The minimum atomic E-state index is -0.00763. The molecule has 0 saturated carbocycles. The van der Waals surface area contributed by atoms with E-state index in [1.54, 1.807) is 11.3 Å². The lowest BCUT2D eigenvalue weighted by Gasteiger charge is -2.29. The van der Waals surface area contributed by atoms with Crippen molar-refractivity contribution >= 4 is 11.3 Å². The van der Waals surface area contributed by atoms with Gasteiger partial charge < -0.3 is 15.3 Å². The van der Waals surface area contributed by atoms with Gasteiger partial charge in [0.15, 0.2) is 0 Å². The van der Waals surface area contributed by atoms with Crippen molar-refractivity contribution in [3.63, 3.8) is 0 Å². The second-order valence-corrected chi connectivity index (χ2v) is 6.43. The first kappa shape index (κ1) is 15.6. The van der Waals surface area contributed by atoms with Crippen LogP contribution in [0.25, 0.3) is 0 Å². The van der Waals surface area contributed by atoms with Gasteiger partial charge in [-0.1, -0.05) is 19.9 Å². The van der Waals surface area contributed by atoms with Crippen LogP contribution in [0.15, 0.2) is 17.5 Å². The summed E-state index contributed by atoms with van der Waals surface area (Å²) in [5.74, 6) is 0. The fraction of sp³-hybridized carbons (Fsp3) is 0.714. The number of likely N-dealkylation sites (N-methyl/N-ethyl adjacent to an activating group) is 1. The molecule has 18 heavy (non-hydrogen) atoms. The number of hydrogen-bond donors (Lipinski definition) is 2. The first-order valence-electron chi connectivity index (χ1n) is 6.54. The van der Waals surface area contributed by atoms with E-state index in [2.05, 4.69) is 55.7 Å². The third kappa shape index (κ3) is 4.35. The predicted molar refractivity (Wildman–Crippen MR) is 79.1 cm³/mol. The van der Waals surface area contributed by atoms with E-state index in [0.717, 1.165) is 19.5 Å². The molecule has 4 heteroatoms. The van der Waals surface area contributed by atoms with E-state index in [4.69, 9.17) is 0 Å². The summed E-state index contributed by atoms with van der Waals surface area (Å²) in [5.41, 5.74) is -0.00763. The zero-order chi connectivity index (χ0) is 13.6. The van der Waals surface area contributed by atoms with Crippen molar-refractivity contribution < 1.29 is 5.11 Å². The van der Waals surface area contributed by atoms with E-state index in [9.17, 15) is 5.11 Å².